The molecule has 3 heterocycles. The molecule has 158 valence electrons. The van der Waals surface area contributed by atoms with Crippen molar-refractivity contribution in [3.8, 4) is 0 Å². The van der Waals surface area contributed by atoms with Gasteiger partial charge in [0.2, 0.25) is 5.91 Å². The topological polar surface area (TPSA) is 86.5 Å². The number of hydrogen-bond donors (Lipinski definition) is 3. The number of carbonyl (C=O) groups excluding carboxylic acids is 2. The minimum absolute atomic E-state index is 0.0743. The van der Waals surface area contributed by atoms with Gasteiger partial charge in [-0.1, -0.05) is 26.0 Å². The van der Waals surface area contributed by atoms with E-state index >= 15 is 0 Å². The predicted octanol–water partition coefficient (Wildman–Crippen LogP) is 3.33. The number of piperazine rings is 1. The van der Waals surface area contributed by atoms with E-state index in [0.717, 1.165) is 28.6 Å². The summed E-state index contributed by atoms with van der Waals surface area (Å²) in [6, 6.07) is 5.76. The number of nitrogens with one attached hydrogen (secondary N) is 3. The molecular formula is C24H29N3O3. The zero-order valence-electron chi connectivity index (χ0n) is 18.2. The SMILES string of the molecule is C=CC(C)(C)c1[nH]c2ccc(CC3OC3(C)C)cc2c1C=C1NC(=O)C(C)NC1=O. The van der Waals surface area contributed by atoms with E-state index in [4.69, 9.17) is 4.74 Å². The minimum atomic E-state index is -0.546. The molecule has 1 aromatic heterocycles. The van der Waals surface area contributed by atoms with Gasteiger partial charge in [-0.2, -0.15) is 0 Å². The molecule has 0 spiro atoms. The van der Waals surface area contributed by atoms with Gasteiger partial charge in [-0.3, -0.25) is 9.59 Å². The summed E-state index contributed by atoms with van der Waals surface area (Å²) in [5.74, 6) is -0.512. The Bertz CT molecular complexity index is 1090. The maximum absolute atomic E-state index is 12.5. The number of rotatable bonds is 5. The average Bonchev–Trinajstić information content (AvgIpc) is 3.11. The van der Waals surface area contributed by atoms with Crippen molar-refractivity contribution in [2.24, 2.45) is 0 Å². The van der Waals surface area contributed by atoms with E-state index < -0.39 is 6.04 Å². The highest BCUT2D eigenvalue weighted by Gasteiger charge is 2.47. The highest BCUT2D eigenvalue weighted by molar-refractivity contribution is 6.08. The third-order valence-corrected chi connectivity index (χ3v) is 6.18. The second-order valence-electron chi connectivity index (χ2n) is 9.38. The third kappa shape index (κ3) is 3.56. The normalized spacial score (nSPS) is 24.6. The number of carbonyl (C=O) groups is 2. The van der Waals surface area contributed by atoms with Gasteiger partial charge in [0.25, 0.3) is 5.91 Å². The molecule has 2 unspecified atom stereocenters. The number of allylic oxidation sites excluding steroid dienone is 1. The zero-order valence-corrected chi connectivity index (χ0v) is 18.2. The lowest BCUT2D eigenvalue weighted by Gasteiger charge is -2.23. The maximum Gasteiger partial charge on any atom is 0.268 e. The first-order chi connectivity index (χ1) is 14.0. The van der Waals surface area contributed by atoms with Gasteiger partial charge in [-0.25, -0.2) is 0 Å². The van der Waals surface area contributed by atoms with Crippen molar-refractivity contribution in [1.82, 2.24) is 15.6 Å². The predicted molar refractivity (Wildman–Crippen MR) is 118 cm³/mol. The lowest BCUT2D eigenvalue weighted by Crippen LogP contribution is -2.53. The molecule has 0 radical (unpaired) electrons. The lowest BCUT2D eigenvalue weighted by molar-refractivity contribution is -0.130. The Kier molecular flexibility index (Phi) is 4.66. The van der Waals surface area contributed by atoms with Gasteiger partial charge < -0.3 is 20.4 Å². The Morgan fingerprint density at radius 1 is 1.27 bits per heavy atom. The standard InChI is InChI=1S/C24H29N3O3/c1-7-23(3,4)20-16(12-18-22(29)25-13(2)21(28)27-18)15-10-14(8-9-17(15)26-20)11-19-24(5,6)30-19/h7-10,12-13,19,26H,1,11H2,2-6H3,(H,25,29)(H,27,28). The van der Waals surface area contributed by atoms with Crippen molar-refractivity contribution in [1.29, 1.82) is 0 Å². The van der Waals surface area contributed by atoms with E-state index in [1.165, 1.54) is 5.56 Å². The van der Waals surface area contributed by atoms with Gasteiger partial charge in [0.1, 0.15) is 11.7 Å². The van der Waals surface area contributed by atoms with Crippen LogP contribution in [-0.2, 0) is 26.2 Å². The number of benzene rings is 1. The van der Waals surface area contributed by atoms with Crippen LogP contribution in [0.4, 0.5) is 0 Å². The molecule has 0 saturated carbocycles. The van der Waals surface area contributed by atoms with Gasteiger partial charge in [0.15, 0.2) is 0 Å². The van der Waals surface area contributed by atoms with Crippen molar-refractivity contribution in [2.75, 3.05) is 0 Å². The molecule has 2 atom stereocenters. The van der Waals surface area contributed by atoms with Gasteiger partial charge in [0, 0.05) is 34.0 Å². The molecule has 30 heavy (non-hydrogen) atoms. The Morgan fingerprint density at radius 3 is 2.60 bits per heavy atom. The molecule has 6 nitrogen and oxygen atoms in total. The van der Waals surface area contributed by atoms with Crippen LogP contribution in [0.15, 0.2) is 36.6 Å². The summed E-state index contributed by atoms with van der Waals surface area (Å²) < 4.78 is 5.75. The molecule has 2 aliphatic heterocycles. The molecule has 4 rings (SSSR count). The fourth-order valence-corrected chi connectivity index (χ4v) is 3.86. The molecule has 1 aromatic carbocycles. The quantitative estimate of drug-likeness (QED) is 0.404. The van der Waals surface area contributed by atoms with Crippen LogP contribution in [0.3, 0.4) is 0 Å². The second-order valence-corrected chi connectivity index (χ2v) is 9.38. The van der Waals surface area contributed by atoms with E-state index in [1.807, 2.05) is 6.08 Å². The van der Waals surface area contributed by atoms with Gasteiger partial charge in [0.05, 0.1) is 11.7 Å². The van der Waals surface area contributed by atoms with Gasteiger partial charge in [-0.05, 0) is 44.5 Å². The van der Waals surface area contributed by atoms with Crippen LogP contribution in [0.25, 0.3) is 17.0 Å². The zero-order chi connectivity index (χ0) is 21.8. The molecule has 0 aliphatic carbocycles. The number of epoxide rings is 1. The van der Waals surface area contributed by atoms with Crippen LogP contribution in [0.5, 0.6) is 0 Å². The van der Waals surface area contributed by atoms with Crippen LogP contribution in [0.1, 0.15) is 51.4 Å². The monoisotopic (exact) mass is 407 g/mol. The summed E-state index contributed by atoms with van der Waals surface area (Å²) in [5, 5.41) is 6.44. The van der Waals surface area contributed by atoms with Crippen LogP contribution in [-0.4, -0.2) is 34.5 Å². The van der Waals surface area contributed by atoms with Gasteiger partial charge >= 0.3 is 0 Å². The van der Waals surface area contributed by atoms with E-state index in [-0.39, 0.29) is 34.6 Å². The summed E-state index contributed by atoms with van der Waals surface area (Å²) in [5.41, 5.74) is 3.79. The van der Waals surface area contributed by atoms with E-state index in [1.54, 1.807) is 13.0 Å². The lowest BCUT2D eigenvalue weighted by atomic mass is 9.86. The molecule has 2 aliphatic rings. The summed E-state index contributed by atoms with van der Waals surface area (Å²) in [7, 11) is 0. The van der Waals surface area contributed by atoms with Crippen LogP contribution in [0, 0.1) is 0 Å². The second kappa shape index (κ2) is 6.84. The Hall–Kier alpha value is -2.86. The average molecular weight is 408 g/mol. The molecule has 3 N–H and O–H groups in total. The van der Waals surface area contributed by atoms with E-state index in [9.17, 15) is 9.59 Å². The van der Waals surface area contributed by atoms with Crippen molar-refractivity contribution in [3.05, 3.63) is 53.4 Å². The Balaban J connectivity index is 1.83. The summed E-state index contributed by atoms with van der Waals surface area (Å²) >= 11 is 0. The molecule has 6 heteroatoms. The first-order valence-corrected chi connectivity index (χ1v) is 10.3. The highest BCUT2D eigenvalue weighted by Crippen LogP contribution is 2.39. The Morgan fingerprint density at radius 2 is 1.97 bits per heavy atom. The number of aromatic amines is 1. The third-order valence-electron chi connectivity index (χ3n) is 6.18. The van der Waals surface area contributed by atoms with Crippen LogP contribution < -0.4 is 10.6 Å². The fourth-order valence-electron chi connectivity index (χ4n) is 3.86. The van der Waals surface area contributed by atoms with Crippen LogP contribution in [0.2, 0.25) is 0 Å². The maximum atomic E-state index is 12.5. The van der Waals surface area contributed by atoms with Gasteiger partial charge in [-0.15, -0.1) is 6.58 Å². The number of fused-ring (bicyclic) bond motifs is 1. The van der Waals surface area contributed by atoms with Crippen molar-refractivity contribution >= 4 is 28.8 Å². The smallest absolute Gasteiger partial charge is 0.268 e. The van der Waals surface area contributed by atoms with Crippen molar-refractivity contribution in [3.63, 3.8) is 0 Å². The number of aromatic nitrogens is 1. The largest absolute Gasteiger partial charge is 0.366 e. The van der Waals surface area contributed by atoms with E-state index in [2.05, 4.69) is 68.1 Å². The number of amides is 2. The highest BCUT2D eigenvalue weighted by atomic mass is 16.6. The Labute approximate surface area is 176 Å². The summed E-state index contributed by atoms with van der Waals surface area (Å²) in [6.07, 6.45) is 4.69. The number of hydrogen-bond acceptors (Lipinski definition) is 3. The van der Waals surface area contributed by atoms with Crippen molar-refractivity contribution < 1.29 is 14.3 Å². The minimum Gasteiger partial charge on any atom is -0.366 e. The van der Waals surface area contributed by atoms with Crippen LogP contribution >= 0.6 is 0 Å². The molecule has 2 aromatic rings. The summed E-state index contributed by atoms with van der Waals surface area (Å²) in [4.78, 5) is 28.1. The molecule has 2 amide bonds. The first-order valence-electron chi connectivity index (χ1n) is 10.3. The summed E-state index contributed by atoms with van der Waals surface area (Å²) in [6.45, 7) is 14.0. The molecule has 2 saturated heterocycles. The molecule has 2 fully saturated rings. The molecule has 0 bridgehead atoms. The fraction of sp³-hybridized carbons (Fsp3) is 0.417. The van der Waals surface area contributed by atoms with E-state index in [0.29, 0.717) is 0 Å². The number of H-pyrrole nitrogens is 1. The van der Waals surface area contributed by atoms with Crippen molar-refractivity contribution in [2.45, 2.75) is 64.2 Å². The number of ether oxygens (including phenoxy) is 1. The molecular weight excluding hydrogens is 378 g/mol. The first kappa shape index (κ1) is 20.4.